The van der Waals surface area contributed by atoms with Gasteiger partial charge < -0.3 is 4.74 Å². The smallest absolute Gasteiger partial charge is 0.124 e. The third kappa shape index (κ3) is 2.89. The van der Waals surface area contributed by atoms with Gasteiger partial charge in [0.25, 0.3) is 0 Å². The topological polar surface area (TPSA) is 33.0 Å². The van der Waals surface area contributed by atoms with Crippen LogP contribution in [0, 0.1) is 11.3 Å². The summed E-state index contributed by atoms with van der Waals surface area (Å²) in [4.78, 5) is 0. The predicted molar refractivity (Wildman–Crippen MR) is 71.2 cm³/mol. The highest BCUT2D eigenvalue weighted by atomic mass is 16.5. The summed E-state index contributed by atoms with van der Waals surface area (Å²) in [6.45, 7) is 2.40. The SMILES string of the molecule is C[C@@H](C#N)c1ccccc1OCc1ccccc1. The van der Waals surface area contributed by atoms with Crippen LogP contribution in [0.3, 0.4) is 0 Å². The average molecular weight is 237 g/mol. The Balaban J connectivity index is 2.13. The monoisotopic (exact) mass is 237 g/mol. The summed E-state index contributed by atoms with van der Waals surface area (Å²) in [5.74, 6) is 0.632. The van der Waals surface area contributed by atoms with Gasteiger partial charge in [0, 0.05) is 5.56 Å². The summed E-state index contributed by atoms with van der Waals surface area (Å²) in [5, 5.41) is 8.99. The molecule has 0 bridgehead atoms. The second-order valence-corrected chi connectivity index (χ2v) is 4.16. The fourth-order valence-corrected chi connectivity index (χ4v) is 1.77. The molecule has 0 radical (unpaired) electrons. The van der Waals surface area contributed by atoms with E-state index in [0.29, 0.717) is 6.61 Å². The minimum atomic E-state index is -0.156. The van der Waals surface area contributed by atoms with Gasteiger partial charge in [0.2, 0.25) is 0 Å². The summed E-state index contributed by atoms with van der Waals surface area (Å²) < 4.78 is 5.80. The van der Waals surface area contributed by atoms with Crippen molar-refractivity contribution in [2.75, 3.05) is 0 Å². The van der Waals surface area contributed by atoms with Gasteiger partial charge in [-0.1, -0.05) is 48.5 Å². The van der Waals surface area contributed by atoms with Gasteiger partial charge >= 0.3 is 0 Å². The highest BCUT2D eigenvalue weighted by Crippen LogP contribution is 2.26. The van der Waals surface area contributed by atoms with Gasteiger partial charge in [-0.05, 0) is 18.6 Å². The Kier molecular flexibility index (Phi) is 3.98. The Hall–Kier alpha value is -2.27. The van der Waals surface area contributed by atoms with Gasteiger partial charge in [-0.25, -0.2) is 0 Å². The molecule has 1 atom stereocenters. The number of nitrogens with zero attached hydrogens (tertiary/aromatic N) is 1. The normalized spacial score (nSPS) is 11.6. The van der Waals surface area contributed by atoms with Crippen LogP contribution in [0.4, 0.5) is 0 Å². The van der Waals surface area contributed by atoms with E-state index in [1.807, 2.05) is 61.5 Å². The number of hydrogen-bond donors (Lipinski definition) is 0. The first-order valence-electron chi connectivity index (χ1n) is 5.96. The molecule has 0 heterocycles. The Labute approximate surface area is 107 Å². The van der Waals surface area contributed by atoms with E-state index in [2.05, 4.69) is 6.07 Å². The van der Waals surface area contributed by atoms with Crippen molar-refractivity contribution in [2.24, 2.45) is 0 Å². The first-order valence-corrected chi connectivity index (χ1v) is 5.96. The molecular weight excluding hydrogens is 222 g/mol. The van der Waals surface area contributed by atoms with Crippen molar-refractivity contribution < 1.29 is 4.74 Å². The Bertz CT molecular complexity index is 543. The van der Waals surface area contributed by atoms with Crippen LogP contribution in [0.2, 0.25) is 0 Å². The van der Waals surface area contributed by atoms with Gasteiger partial charge in [-0.2, -0.15) is 5.26 Å². The van der Waals surface area contributed by atoms with Crippen LogP contribution < -0.4 is 4.74 Å². The fraction of sp³-hybridized carbons (Fsp3) is 0.188. The van der Waals surface area contributed by atoms with Gasteiger partial charge in [0.05, 0.1) is 12.0 Å². The van der Waals surface area contributed by atoms with Crippen LogP contribution >= 0.6 is 0 Å². The summed E-state index contributed by atoms with van der Waals surface area (Å²) in [6.07, 6.45) is 0. The molecule has 0 fully saturated rings. The lowest BCUT2D eigenvalue weighted by atomic mass is 10.0. The van der Waals surface area contributed by atoms with E-state index in [4.69, 9.17) is 10.00 Å². The fourth-order valence-electron chi connectivity index (χ4n) is 1.77. The molecule has 0 aliphatic carbocycles. The second-order valence-electron chi connectivity index (χ2n) is 4.16. The Morgan fingerprint density at radius 3 is 2.44 bits per heavy atom. The number of benzene rings is 2. The summed E-state index contributed by atoms with van der Waals surface area (Å²) in [7, 11) is 0. The molecule has 0 saturated carbocycles. The molecule has 2 aromatic rings. The molecule has 2 aromatic carbocycles. The van der Waals surface area contributed by atoms with E-state index >= 15 is 0 Å². The summed E-state index contributed by atoms with van der Waals surface area (Å²) >= 11 is 0. The standard InChI is InChI=1S/C16H15NO/c1-13(11-17)15-9-5-6-10-16(15)18-12-14-7-3-2-4-8-14/h2-10,13H,12H2,1H3/t13-/m0/s1. The molecule has 0 aliphatic heterocycles. The van der Waals surface area contributed by atoms with Crippen molar-refractivity contribution in [1.82, 2.24) is 0 Å². The molecule has 0 aromatic heterocycles. The van der Waals surface area contributed by atoms with Gasteiger partial charge in [-0.15, -0.1) is 0 Å². The zero-order chi connectivity index (χ0) is 12.8. The maximum absolute atomic E-state index is 8.99. The third-order valence-electron chi connectivity index (χ3n) is 2.82. The van der Waals surface area contributed by atoms with Crippen molar-refractivity contribution in [3.05, 3.63) is 65.7 Å². The third-order valence-corrected chi connectivity index (χ3v) is 2.82. The van der Waals surface area contributed by atoms with E-state index < -0.39 is 0 Å². The lowest BCUT2D eigenvalue weighted by molar-refractivity contribution is 0.302. The van der Waals surface area contributed by atoms with E-state index in [-0.39, 0.29) is 5.92 Å². The summed E-state index contributed by atoms with van der Waals surface area (Å²) in [6, 6.07) is 19.9. The van der Waals surface area contributed by atoms with Crippen LogP contribution in [0.5, 0.6) is 5.75 Å². The quantitative estimate of drug-likeness (QED) is 0.808. The molecule has 0 saturated heterocycles. The Morgan fingerprint density at radius 1 is 1.06 bits per heavy atom. The lowest BCUT2D eigenvalue weighted by Crippen LogP contribution is -2.00. The van der Waals surface area contributed by atoms with Crippen LogP contribution in [-0.2, 0) is 6.61 Å². The average Bonchev–Trinajstić information content (AvgIpc) is 2.45. The van der Waals surface area contributed by atoms with Gasteiger partial charge in [0.15, 0.2) is 0 Å². The molecule has 0 unspecified atom stereocenters. The van der Waals surface area contributed by atoms with E-state index in [9.17, 15) is 0 Å². The molecule has 2 heteroatoms. The lowest BCUT2D eigenvalue weighted by Gasteiger charge is -2.12. The molecule has 90 valence electrons. The largest absolute Gasteiger partial charge is 0.489 e. The first-order chi connectivity index (χ1) is 8.81. The van der Waals surface area contributed by atoms with Crippen molar-refractivity contribution in [3.8, 4) is 11.8 Å². The van der Waals surface area contributed by atoms with E-state index in [0.717, 1.165) is 16.9 Å². The first kappa shape index (κ1) is 12.2. The van der Waals surface area contributed by atoms with Crippen LogP contribution in [-0.4, -0.2) is 0 Å². The number of ether oxygens (including phenoxy) is 1. The van der Waals surface area contributed by atoms with Crippen molar-refractivity contribution >= 4 is 0 Å². The van der Waals surface area contributed by atoms with Gasteiger partial charge in [-0.3, -0.25) is 0 Å². The van der Waals surface area contributed by atoms with Crippen LogP contribution in [0.25, 0.3) is 0 Å². The van der Waals surface area contributed by atoms with Crippen molar-refractivity contribution in [1.29, 1.82) is 5.26 Å². The minimum Gasteiger partial charge on any atom is -0.489 e. The molecule has 0 spiro atoms. The molecule has 0 amide bonds. The van der Waals surface area contributed by atoms with Crippen molar-refractivity contribution in [2.45, 2.75) is 19.4 Å². The molecule has 2 rings (SSSR count). The van der Waals surface area contributed by atoms with Crippen LogP contribution in [0.1, 0.15) is 24.0 Å². The molecule has 18 heavy (non-hydrogen) atoms. The second kappa shape index (κ2) is 5.88. The molecular formula is C16H15NO. The zero-order valence-corrected chi connectivity index (χ0v) is 10.3. The predicted octanol–water partition coefficient (Wildman–Crippen LogP) is 3.89. The van der Waals surface area contributed by atoms with Crippen LogP contribution in [0.15, 0.2) is 54.6 Å². The molecule has 0 N–H and O–H groups in total. The number of hydrogen-bond acceptors (Lipinski definition) is 2. The number of rotatable bonds is 4. The zero-order valence-electron chi connectivity index (χ0n) is 10.3. The minimum absolute atomic E-state index is 0.156. The van der Waals surface area contributed by atoms with Gasteiger partial charge in [0.1, 0.15) is 12.4 Å². The maximum Gasteiger partial charge on any atom is 0.124 e. The highest BCUT2D eigenvalue weighted by molar-refractivity contribution is 5.38. The van der Waals surface area contributed by atoms with Crippen molar-refractivity contribution in [3.63, 3.8) is 0 Å². The van der Waals surface area contributed by atoms with E-state index in [1.165, 1.54) is 0 Å². The number of nitriles is 1. The van der Waals surface area contributed by atoms with E-state index in [1.54, 1.807) is 0 Å². The number of para-hydroxylation sites is 1. The Morgan fingerprint density at radius 2 is 1.72 bits per heavy atom. The molecule has 2 nitrogen and oxygen atoms in total. The highest BCUT2D eigenvalue weighted by Gasteiger charge is 2.10. The maximum atomic E-state index is 8.99. The summed E-state index contributed by atoms with van der Waals surface area (Å²) in [5.41, 5.74) is 2.06. The molecule has 0 aliphatic rings.